The van der Waals surface area contributed by atoms with E-state index >= 15 is 0 Å². The number of likely N-dealkylation sites (N-methyl/N-ethyl adjacent to an activating group) is 1. The summed E-state index contributed by atoms with van der Waals surface area (Å²) in [4.78, 5) is 2.03. The predicted octanol–water partition coefficient (Wildman–Crippen LogP) is 4.40. The number of alkyl halides is 4. The van der Waals surface area contributed by atoms with E-state index in [1.54, 1.807) is 12.1 Å². The van der Waals surface area contributed by atoms with Crippen molar-refractivity contribution in [3.05, 3.63) is 46.8 Å². The van der Waals surface area contributed by atoms with E-state index in [9.17, 15) is 26.0 Å². The number of halogens is 4. The molecule has 0 aliphatic heterocycles. The monoisotopic (exact) mass is 558 g/mol. The second kappa shape index (κ2) is 12.0. The number of nitrogens with one attached hydrogen (secondary N) is 2. The predicted molar refractivity (Wildman–Crippen MR) is 138 cm³/mol. The molecule has 0 atom stereocenters. The molecule has 3 rings (SSSR count). The second-order valence-electron chi connectivity index (χ2n) is 8.23. The summed E-state index contributed by atoms with van der Waals surface area (Å²) < 4.78 is 81.5. The van der Waals surface area contributed by atoms with Gasteiger partial charge in [0, 0.05) is 19.2 Å². The molecular weight excluding hydrogens is 532 g/mol. The van der Waals surface area contributed by atoms with Gasteiger partial charge < -0.3 is 20.3 Å². The number of thiophene rings is 1. The van der Waals surface area contributed by atoms with Crippen molar-refractivity contribution in [2.75, 3.05) is 51.2 Å². The highest BCUT2D eigenvalue weighted by molar-refractivity contribution is 7.89. The van der Waals surface area contributed by atoms with Crippen LogP contribution in [0.25, 0.3) is 10.1 Å². The third-order valence-electron chi connectivity index (χ3n) is 5.13. The Labute approximate surface area is 216 Å². The van der Waals surface area contributed by atoms with Crippen molar-refractivity contribution in [1.82, 2.24) is 4.90 Å². The van der Waals surface area contributed by atoms with Gasteiger partial charge in [0.2, 0.25) is 16.9 Å². The van der Waals surface area contributed by atoms with Gasteiger partial charge in [-0.05, 0) is 43.2 Å². The summed E-state index contributed by atoms with van der Waals surface area (Å²) in [5.41, 5.74) is 1.09. The Morgan fingerprint density at radius 1 is 1.14 bits per heavy atom. The van der Waals surface area contributed by atoms with Crippen LogP contribution in [0, 0.1) is 11.8 Å². The molecule has 1 aromatic heterocycles. The summed E-state index contributed by atoms with van der Waals surface area (Å²) in [7, 11) is -0.168. The van der Waals surface area contributed by atoms with Crippen molar-refractivity contribution in [2.24, 2.45) is 5.14 Å². The lowest BCUT2D eigenvalue weighted by Gasteiger charge is -2.12. The maximum atomic E-state index is 13.4. The Bertz CT molecular complexity index is 1410. The quantitative estimate of drug-likeness (QED) is 0.252. The third kappa shape index (κ3) is 7.96. The van der Waals surface area contributed by atoms with Crippen molar-refractivity contribution in [1.29, 1.82) is 0 Å². The highest BCUT2D eigenvalue weighted by atomic mass is 32.2. The van der Waals surface area contributed by atoms with Gasteiger partial charge in [-0.15, -0.1) is 11.3 Å². The van der Waals surface area contributed by atoms with E-state index in [4.69, 9.17) is 9.88 Å². The van der Waals surface area contributed by atoms with Gasteiger partial charge in [-0.1, -0.05) is 24.0 Å². The fraction of sp³-hybridized carbons (Fsp3) is 0.333. The zero-order valence-electron chi connectivity index (χ0n) is 20.1. The van der Waals surface area contributed by atoms with Gasteiger partial charge >= 0.3 is 6.18 Å². The van der Waals surface area contributed by atoms with Gasteiger partial charge in [-0.2, -0.15) is 13.2 Å². The normalized spacial score (nSPS) is 11.9. The molecule has 0 saturated carbocycles. The highest BCUT2D eigenvalue weighted by Crippen LogP contribution is 2.39. The van der Waals surface area contributed by atoms with Crippen molar-refractivity contribution in [2.45, 2.75) is 17.5 Å². The van der Waals surface area contributed by atoms with Gasteiger partial charge in [0.1, 0.15) is 5.75 Å². The van der Waals surface area contributed by atoms with Crippen LogP contribution in [0.5, 0.6) is 5.75 Å². The fourth-order valence-electron chi connectivity index (χ4n) is 3.47. The maximum Gasteiger partial charge on any atom is 0.393 e. The summed E-state index contributed by atoms with van der Waals surface area (Å²) in [5.74, 6) is 5.52. The molecule has 0 amide bonds. The van der Waals surface area contributed by atoms with Crippen LogP contribution in [0.1, 0.15) is 10.4 Å². The largest absolute Gasteiger partial charge is 0.461 e. The molecule has 13 heteroatoms. The molecule has 1 heterocycles. The van der Waals surface area contributed by atoms with Crippen LogP contribution < -0.4 is 20.5 Å². The summed E-state index contributed by atoms with van der Waals surface area (Å²) >= 11 is 1.18. The zero-order chi connectivity index (χ0) is 27.2. The first-order chi connectivity index (χ1) is 17.4. The van der Waals surface area contributed by atoms with Crippen LogP contribution in [-0.4, -0.2) is 60.1 Å². The number of rotatable bonds is 10. The van der Waals surface area contributed by atoms with E-state index in [1.165, 1.54) is 23.5 Å². The number of nitrogens with two attached hydrogens (primary N) is 1. The van der Waals surface area contributed by atoms with Crippen LogP contribution in [0.3, 0.4) is 0 Å². The third-order valence-corrected chi connectivity index (χ3v) is 7.24. The van der Waals surface area contributed by atoms with Crippen LogP contribution >= 0.6 is 11.3 Å². The minimum Gasteiger partial charge on any atom is -0.461 e. The maximum absolute atomic E-state index is 13.4. The SMILES string of the molecule is CN(C)CCNc1cccc2c(CC(F)(F)F)c(C#CCNc3ccc(S(N)(=O)=O)cc3OCF)sc12. The van der Waals surface area contributed by atoms with E-state index < -0.39 is 29.5 Å². The highest BCUT2D eigenvalue weighted by Gasteiger charge is 2.31. The van der Waals surface area contributed by atoms with Gasteiger partial charge in [0.05, 0.1) is 38.8 Å². The zero-order valence-corrected chi connectivity index (χ0v) is 21.7. The lowest BCUT2D eigenvalue weighted by Crippen LogP contribution is -2.20. The number of nitrogens with zero attached hydrogens (tertiary/aromatic N) is 1. The average molecular weight is 559 g/mol. The molecule has 0 unspecified atom stereocenters. The Kier molecular flexibility index (Phi) is 9.25. The van der Waals surface area contributed by atoms with Gasteiger partial charge in [0.25, 0.3) is 0 Å². The molecular formula is C24H26F4N4O3S2. The fourth-order valence-corrected chi connectivity index (χ4v) is 5.18. The topological polar surface area (TPSA) is 96.7 Å². The van der Waals surface area contributed by atoms with Crippen LogP contribution in [-0.2, 0) is 16.4 Å². The number of hydrogen-bond donors (Lipinski definition) is 3. The number of primary sulfonamides is 1. The molecule has 200 valence electrons. The van der Waals surface area contributed by atoms with E-state index in [0.717, 1.165) is 18.3 Å². The molecule has 0 spiro atoms. The molecule has 0 aliphatic rings. The number of anilines is 2. The Morgan fingerprint density at radius 3 is 2.54 bits per heavy atom. The Balaban J connectivity index is 1.88. The van der Waals surface area contributed by atoms with Crippen LogP contribution in [0.15, 0.2) is 41.3 Å². The van der Waals surface area contributed by atoms with Gasteiger partial charge in [0.15, 0.2) is 0 Å². The Hall–Kier alpha value is -3.05. The van der Waals surface area contributed by atoms with Crippen LogP contribution in [0.4, 0.5) is 28.9 Å². The minimum absolute atomic E-state index is 0.0228. The number of fused-ring (bicyclic) bond motifs is 1. The average Bonchev–Trinajstić information content (AvgIpc) is 3.13. The van der Waals surface area contributed by atoms with Crippen molar-refractivity contribution in [3.8, 4) is 17.6 Å². The van der Waals surface area contributed by atoms with Crippen molar-refractivity contribution >= 4 is 42.8 Å². The van der Waals surface area contributed by atoms with E-state index in [2.05, 4.69) is 22.5 Å². The van der Waals surface area contributed by atoms with E-state index in [-0.39, 0.29) is 28.4 Å². The Morgan fingerprint density at radius 2 is 1.89 bits per heavy atom. The minimum atomic E-state index is -4.42. The summed E-state index contributed by atoms with van der Waals surface area (Å²) in [6.45, 7) is 0.145. The van der Waals surface area contributed by atoms with E-state index in [1.807, 2.05) is 25.1 Å². The number of hydrogen-bond acceptors (Lipinski definition) is 7. The lowest BCUT2D eigenvalue weighted by atomic mass is 10.1. The second-order valence-corrected chi connectivity index (χ2v) is 10.8. The lowest BCUT2D eigenvalue weighted by molar-refractivity contribution is -0.126. The molecule has 7 nitrogen and oxygen atoms in total. The van der Waals surface area contributed by atoms with Crippen molar-refractivity contribution < 1.29 is 30.7 Å². The molecule has 4 N–H and O–H groups in total. The first kappa shape index (κ1) is 28.5. The molecule has 37 heavy (non-hydrogen) atoms. The number of ether oxygens (including phenoxy) is 1. The number of benzene rings is 2. The van der Waals surface area contributed by atoms with Crippen molar-refractivity contribution in [3.63, 3.8) is 0 Å². The van der Waals surface area contributed by atoms with Gasteiger partial charge in [-0.3, -0.25) is 0 Å². The molecule has 0 saturated heterocycles. The first-order valence-corrected chi connectivity index (χ1v) is 13.3. The first-order valence-electron chi connectivity index (χ1n) is 11.0. The molecule has 0 aliphatic carbocycles. The summed E-state index contributed by atoms with van der Waals surface area (Å²) in [5, 5.41) is 11.7. The molecule has 0 fully saturated rings. The summed E-state index contributed by atoms with van der Waals surface area (Å²) in [6, 6.07) is 8.82. The smallest absolute Gasteiger partial charge is 0.393 e. The number of sulfonamides is 1. The summed E-state index contributed by atoms with van der Waals surface area (Å²) in [6.07, 6.45) is -5.53. The molecule has 0 radical (unpaired) electrons. The molecule has 3 aromatic rings. The molecule has 2 aromatic carbocycles. The standard InChI is InChI=1S/C24H26F4N4O3S2/c1-32(2)12-11-31-20-6-3-5-17-18(14-24(26,27)28)22(36-23(17)20)7-4-10-30-19-9-8-16(37(29,33)34)13-21(19)35-15-25/h3,5-6,8-9,13,30-31H,10-12,14-15H2,1-2H3,(H2,29,33,34). The van der Waals surface area contributed by atoms with E-state index in [0.29, 0.717) is 21.5 Å². The molecule has 0 bridgehead atoms. The van der Waals surface area contributed by atoms with Crippen LogP contribution in [0.2, 0.25) is 0 Å². The van der Waals surface area contributed by atoms with Gasteiger partial charge in [-0.25, -0.2) is 17.9 Å².